The Morgan fingerprint density at radius 3 is 2.78 bits per heavy atom. The standard InChI is InChI=1S/C9H12/c1-2-4-8(5-3-1)9-6-7-9/h1-2,4,9H,3,5-7H2. The van der Waals surface area contributed by atoms with Crippen LogP contribution in [0.2, 0.25) is 0 Å². The van der Waals surface area contributed by atoms with Crippen molar-refractivity contribution in [3.8, 4) is 0 Å². The fourth-order valence-corrected chi connectivity index (χ4v) is 1.42. The van der Waals surface area contributed by atoms with E-state index in [1.165, 1.54) is 25.7 Å². The molecule has 0 bridgehead atoms. The van der Waals surface area contributed by atoms with Crippen molar-refractivity contribution in [2.45, 2.75) is 25.7 Å². The lowest BCUT2D eigenvalue weighted by Crippen LogP contribution is -1.87. The van der Waals surface area contributed by atoms with E-state index in [0.29, 0.717) is 0 Å². The van der Waals surface area contributed by atoms with E-state index in [9.17, 15) is 0 Å². The van der Waals surface area contributed by atoms with E-state index in [4.69, 9.17) is 0 Å². The van der Waals surface area contributed by atoms with Crippen LogP contribution in [0.25, 0.3) is 0 Å². The van der Waals surface area contributed by atoms with Gasteiger partial charge < -0.3 is 0 Å². The molecule has 0 nitrogen and oxygen atoms in total. The summed E-state index contributed by atoms with van der Waals surface area (Å²) in [5.74, 6) is 0.995. The van der Waals surface area contributed by atoms with Crippen LogP contribution in [-0.4, -0.2) is 0 Å². The molecule has 0 N–H and O–H groups in total. The average Bonchev–Trinajstić information content (AvgIpc) is 2.71. The Labute approximate surface area is 56.3 Å². The SMILES string of the molecule is C1=CCCC(C2CC2)=C1. The summed E-state index contributed by atoms with van der Waals surface area (Å²) < 4.78 is 0. The Morgan fingerprint density at radius 2 is 2.22 bits per heavy atom. The molecule has 0 atom stereocenters. The van der Waals surface area contributed by atoms with Gasteiger partial charge in [0.05, 0.1) is 0 Å². The number of allylic oxidation sites excluding steroid dienone is 4. The summed E-state index contributed by atoms with van der Waals surface area (Å²) >= 11 is 0. The summed E-state index contributed by atoms with van der Waals surface area (Å²) in [6.45, 7) is 0. The molecule has 0 unspecified atom stereocenters. The average molecular weight is 120 g/mol. The molecule has 48 valence electrons. The Balaban J connectivity index is 2.07. The third-order valence-electron chi connectivity index (χ3n) is 2.15. The lowest BCUT2D eigenvalue weighted by molar-refractivity contribution is 0.850. The normalized spacial score (nSPS) is 26.0. The molecule has 0 aliphatic heterocycles. The second-order valence-corrected chi connectivity index (χ2v) is 2.98. The van der Waals surface area contributed by atoms with E-state index in [0.717, 1.165) is 5.92 Å². The minimum Gasteiger partial charge on any atom is -0.0842 e. The van der Waals surface area contributed by atoms with E-state index in [2.05, 4.69) is 18.2 Å². The molecule has 0 amide bonds. The lowest BCUT2D eigenvalue weighted by Gasteiger charge is -2.05. The molecule has 0 heteroatoms. The van der Waals surface area contributed by atoms with E-state index >= 15 is 0 Å². The van der Waals surface area contributed by atoms with Gasteiger partial charge in [0.1, 0.15) is 0 Å². The second-order valence-electron chi connectivity index (χ2n) is 2.98. The van der Waals surface area contributed by atoms with Crippen molar-refractivity contribution in [1.29, 1.82) is 0 Å². The highest BCUT2D eigenvalue weighted by molar-refractivity contribution is 5.22. The van der Waals surface area contributed by atoms with Crippen molar-refractivity contribution in [2.75, 3.05) is 0 Å². The zero-order valence-corrected chi connectivity index (χ0v) is 5.64. The summed E-state index contributed by atoms with van der Waals surface area (Å²) in [4.78, 5) is 0. The molecule has 0 spiro atoms. The van der Waals surface area contributed by atoms with Crippen LogP contribution in [0, 0.1) is 5.92 Å². The monoisotopic (exact) mass is 120 g/mol. The van der Waals surface area contributed by atoms with Crippen LogP contribution >= 0.6 is 0 Å². The first kappa shape index (κ1) is 5.28. The molecule has 0 heterocycles. The maximum Gasteiger partial charge on any atom is -0.0200 e. The molecule has 0 aromatic carbocycles. The molecular formula is C9H12. The van der Waals surface area contributed by atoms with Gasteiger partial charge in [-0.15, -0.1) is 0 Å². The predicted molar refractivity (Wildman–Crippen MR) is 39.2 cm³/mol. The van der Waals surface area contributed by atoms with Gasteiger partial charge in [0.15, 0.2) is 0 Å². The lowest BCUT2D eigenvalue weighted by atomic mass is 10.0. The number of hydrogen-bond acceptors (Lipinski definition) is 0. The van der Waals surface area contributed by atoms with Gasteiger partial charge in [-0.3, -0.25) is 0 Å². The van der Waals surface area contributed by atoms with Gasteiger partial charge in [-0.05, 0) is 31.6 Å². The van der Waals surface area contributed by atoms with Gasteiger partial charge in [-0.25, -0.2) is 0 Å². The molecule has 1 saturated carbocycles. The van der Waals surface area contributed by atoms with Gasteiger partial charge in [-0.2, -0.15) is 0 Å². The highest BCUT2D eigenvalue weighted by Crippen LogP contribution is 2.39. The predicted octanol–water partition coefficient (Wildman–Crippen LogP) is 2.67. The third-order valence-corrected chi connectivity index (χ3v) is 2.15. The van der Waals surface area contributed by atoms with Gasteiger partial charge in [-0.1, -0.05) is 23.8 Å². The summed E-state index contributed by atoms with van der Waals surface area (Å²) in [5.41, 5.74) is 1.71. The molecule has 0 aromatic rings. The minimum absolute atomic E-state index is 0.995. The maximum atomic E-state index is 2.31. The summed E-state index contributed by atoms with van der Waals surface area (Å²) in [6, 6.07) is 0. The molecule has 2 aliphatic rings. The largest absolute Gasteiger partial charge is 0.0842 e. The van der Waals surface area contributed by atoms with Crippen LogP contribution in [0.4, 0.5) is 0 Å². The number of rotatable bonds is 1. The first-order chi connectivity index (χ1) is 4.47. The molecule has 2 aliphatic carbocycles. The third kappa shape index (κ3) is 1.07. The zero-order chi connectivity index (χ0) is 6.10. The Hall–Kier alpha value is -0.520. The molecule has 2 rings (SSSR count). The van der Waals surface area contributed by atoms with Gasteiger partial charge in [0, 0.05) is 0 Å². The van der Waals surface area contributed by atoms with Crippen molar-refractivity contribution < 1.29 is 0 Å². The van der Waals surface area contributed by atoms with Crippen molar-refractivity contribution >= 4 is 0 Å². The summed E-state index contributed by atoms with van der Waals surface area (Å²) in [7, 11) is 0. The highest BCUT2D eigenvalue weighted by Gasteiger charge is 2.25. The number of hydrogen-bond donors (Lipinski definition) is 0. The second kappa shape index (κ2) is 2.02. The van der Waals surface area contributed by atoms with Crippen LogP contribution in [0.3, 0.4) is 0 Å². The smallest absolute Gasteiger partial charge is 0.0200 e. The Morgan fingerprint density at radius 1 is 1.33 bits per heavy atom. The van der Waals surface area contributed by atoms with E-state index in [-0.39, 0.29) is 0 Å². The summed E-state index contributed by atoms with van der Waals surface area (Å²) in [5, 5.41) is 0. The van der Waals surface area contributed by atoms with Crippen LogP contribution in [0.15, 0.2) is 23.8 Å². The minimum atomic E-state index is 0.995. The fourth-order valence-electron chi connectivity index (χ4n) is 1.42. The van der Waals surface area contributed by atoms with Crippen LogP contribution in [0.5, 0.6) is 0 Å². The van der Waals surface area contributed by atoms with Crippen molar-refractivity contribution in [3.05, 3.63) is 23.8 Å². The zero-order valence-electron chi connectivity index (χ0n) is 5.64. The van der Waals surface area contributed by atoms with Gasteiger partial charge in [0.2, 0.25) is 0 Å². The van der Waals surface area contributed by atoms with Gasteiger partial charge >= 0.3 is 0 Å². The molecule has 0 saturated heterocycles. The molecular weight excluding hydrogens is 108 g/mol. The molecule has 1 fully saturated rings. The molecule has 0 radical (unpaired) electrons. The van der Waals surface area contributed by atoms with Crippen molar-refractivity contribution in [3.63, 3.8) is 0 Å². The Kier molecular flexibility index (Phi) is 1.18. The van der Waals surface area contributed by atoms with Crippen LogP contribution < -0.4 is 0 Å². The van der Waals surface area contributed by atoms with E-state index < -0.39 is 0 Å². The van der Waals surface area contributed by atoms with Crippen LogP contribution in [0.1, 0.15) is 25.7 Å². The topological polar surface area (TPSA) is 0 Å². The van der Waals surface area contributed by atoms with Crippen molar-refractivity contribution in [1.82, 2.24) is 0 Å². The van der Waals surface area contributed by atoms with Gasteiger partial charge in [0.25, 0.3) is 0 Å². The first-order valence-electron chi connectivity index (χ1n) is 3.82. The fraction of sp³-hybridized carbons (Fsp3) is 0.556. The molecule has 9 heavy (non-hydrogen) atoms. The first-order valence-corrected chi connectivity index (χ1v) is 3.82. The summed E-state index contributed by atoms with van der Waals surface area (Å²) in [6.07, 6.45) is 12.3. The molecule has 0 aromatic heterocycles. The van der Waals surface area contributed by atoms with E-state index in [1.54, 1.807) is 5.57 Å². The van der Waals surface area contributed by atoms with Crippen LogP contribution in [-0.2, 0) is 0 Å². The maximum absolute atomic E-state index is 2.31. The quantitative estimate of drug-likeness (QED) is 0.499. The Bertz CT molecular complexity index is 159. The highest BCUT2D eigenvalue weighted by atomic mass is 14.3. The van der Waals surface area contributed by atoms with E-state index in [1.807, 2.05) is 0 Å². The van der Waals surface area contributed by atoms with Crippen molar-refractivity contribution in [2.24, 2.45) is 5.92 Å².